The molecule has 8 heteroatoms. The van der Waals surface area contributed by atoms with Crippen molar-refractivity contribution in [1.29, 1.82) is 0 Å². The summed E-state index contributed by atoms with van der Waals surface area (Å²) in [5, 5.41) is 6.52. The maximum atomic E-state index is 11.7. The van der Waals surface area contributed by atoms with Crippen LogP contribution < -0.4 is 10.6 Å². The normalized spacial score (nSPS) is 17.7. The minimum atomic E-state index is -3.20. The predicted molar refractivity (Wildman–Crippen MR) is 112 cm³/mol. The smallest absolute Gasteiger partial charge is 0.191 e. The number of nitrogens with one attached hydrogen (secondary N) is 2. The molecule has 0 bridgehead atoms. The van der Waals surface area contributed by atoms with Crippen LogP contribution in [0.25, 0.3) is 0 Å². The molecule has 28 heavy (non-hydrogen) atoms. The van der Waals surface area contributed by atoms with Gasteiger partial charge in [0.05, 0.1) is 24.2 Å². The average Bonchev–Trinajstić information content (AvgIpc) is 3.15. The largest absolute Gasteiger partial charge is 0.379 e. The first-order valence-electron chi connectivity index (χ1n) is 9.91. The fourth-order valence-corrected chi connectivity index (χ4v) is 4.07. The van der Waals surface area contributed by atoms with Crippen molar-refractivity contribution < 1.29 is 17.9 Å². The Hall–Kier alpha value is -1.64. The van der Waals surface area contributed by atoms with Gasteiger partial charge in [-0.3, -0.25) is 0 Å². The number of sulfone groups is 1. The van der Waals surface area contributed by atoms with E-state index in [1.807, 2.05) is 26.0 Å². The second kappa shape index (κ2) is 11.4. The monoisotopic (exact) mass is 411 g/mol. The Bertz CT molecular complexity index is 744. The van der Waals surface area contributed by atoms with E-state index in [0.29, 0.717) is 24.7 Å². The third-order valence-electron chi connectivity index (χ3n) is 4.49. The Kier molecular flexibility index (Phi) is 9.21. The summed E-state index contributed by atoms with van der Waals surface area (Å²) in [4.78, 5) is 4.95. The zero-order valence-electron chi connectivity index (χ0n) is 17.2. The maximum absolute atomic E-state index is 11.7. The van der Waals surface area contributed by atoms with Crippen molar-refractivity contribution in [3.8, 4) is 0 Å². The number of aryl methyl sites for hydroxylation is 1. The number of ether oxygens (including phenoxy) is 2. The highest BCUT2D eigenvalue weighted by Gasteiger charge is 2.15. The van der Waals surface area contributed by atoms with Gasteiger partial charge in [-0.05, 0) is 50.3 Å². The summed E-state index contributed by atoms with van der Waals surface area (Å²) in [7, 11) is -3.20. The highest BCUT2D eigenvalue weighted by Crippen LogP contribution is 2.17. The molecule has 2 N–H and O–H groups in total. The molecule has 1 aromatic carbocycles. The molecule has 1 aromatic rings. The summed E-state index contributed by atoms with van der Waals surface area (Å²) >= 11 is 0. The summed E-state index contributed by atoms with van der Waals surface area (Å²) in [5.74, 6) is 0.742. The van der Waals surface area contributed by atoms with Gasteiger partial charge in [0.2, 0.25) is 0 Å². The number of benzene rings is 1. The van der Waals surface area contributed by atoms with Crippen LogP contribution in [0.5, 0.6) is 0 Å². The zero-order valence-corrected chi connectivity index (χ0v) is 18.0. The molecule has 1 saturated heterocycles. The molecule has 7 nitrogen and oxygen atoms in total. The van der Waals surface area contributed by atoms with Crippen molar-refractivity contribution in [2.24, 2.45) is 4.99 Å². The summed E-state index contributed by atoms with van der Waals surface area (Å²) in [6, 6.07) is 5.35. The Morgan fingerprint density at radius 2 is 2.18 bits per heavy atom. The number of aliphatic imine (C=N–C) groups is 1. The van der Waals surface area contributed by atoms with Crippen LogP contribution >= 0.6 is 0 Å². The molecule has 1 unspecified atom stereocenters. The molecule has 1 fully saturated rings. The van der Waals surface area contributed by atoms with Gasteiger partial charge in [0.1, 0.15) is 0 Å². The van der Waals surface area contributed by atoms with Gasteiger partial charge in [0, 0.05) is 32.6 Å². The van der Waals surface area contributed by atoms with E-state index in [9.17, 15) is 8.42 Å². The molecule has 1 aliphatic heterocycles. The second-order valence-corrected chi connectivity index (χ2v) is 9.04. The quantitative estimate of drug-likeness (QED) is 0.348. The van der Waals surface area contributed by atoms with Gasteiger partial charge in [-0.2, -0.15) is 0 Å². The predicted octanol–water partition coefficient (Wildman–Crippen LogP) is 2.04. The standard InChI is InChI=1S/C20H33N3O4S/c1-4-21-20(22-10-6-11-26-15-18-7-5-12-27-18)23-14-17-8-9-19(16(2)13-17)28(3,24)25/h8-9,13,18H,4-7,10-12,14-15H2,1-3H3,(H2,21,22,23). The number of rotatable bonds is 10. The van der Waals surface area contributed by atoms with E-state index in [2.05, 4.69) is 15.6 Å². The Morgan fingerprint density at radius 3 is 2.82 bits per heavy atom. The summed E-state index contributed by atoms with van der Waals surface area (Å²) < 4.78 is 34.6. The van der Waals surface area contributed by atoms with Crippen LogP contribution in [-0.2, 0) is 25.9 Å². The van der Waals surface area contributed by atoms with Crippen LogP contribution in [0.1, 0.15) is 37.3 Å². The van der Waals surface area contributed by atoms with E-state index in [4.69, 9.17) is 9.47 Å². The molecular formula is C20H33N3O4S. The lowest BCUT2D eigenvalue weighted by Gasteiger charge is -2.13. The minimum Gasteiger partial charge on any atom is -0.379 e. The van der Waals surface area contributed by atoms with Crippen molar-refractivity contribution >= 4 is 15.8 Å². The third kappa shape index (κ3) is 7.77. The molecule has 2 rings (SSSR count). The molecule has 0 spiro atoms. The number of guanidine groups is 1. The number of hydrogen-bond acceptors (Lipinski definition) is 5. The second-order valence-electron chi connectivity index (χ2n) is 7.06. The lowest BCUT2D eigenvalue weighted by Crippen LogP contribution is -2.38. The number of hydrogen-bond donors (Lipinski definition) is 2. The Morgan fingerprint density at radius 1 is 1.36 bits per heavy atom. The molecule has 0 amide bonds. The first kappa shape index (κ1) is 22.6. The topological polar surface area (TPSA) is 89.0 Å². The van der Waals surface area contributed by atoms with Crippen LogP contribution in [-0.4, -0.2) is 59.6 Å². The van der Waals surface area contributed by atoms with E-state index in [-0.39, 0.29) is 6.10 Å². The van der Waals surface area contributed by atoms with E-state index in [1.165, 1.54) is 6.26 Å². The first-order chi connectivity index (χ1) is 13.4. The molecule has 0 saturated carbocycles. The van der Waals surface area contributed by atoms with Crippen LogP contribution in [0.3, 0.4) is 0 Å². The summed E-state index contributed by atoms with van der Waals surface area (Å²) in [6.07, 6.45) is 4.61. The van der Waals surface area contributed by atoms with E-state index in [1.54, 1.807) is 6.07 Å². The van der Waals surface area contributed by atoms with Crippen molar-refractivity contribution in [3.05, 3.63) is 29.3 Å². The molecule has 0 aromatic heterocycles. The van der Waals surface area contributed by atoms with E-state index < -0.39 is 9.84 Å². The van der Waals surface area contributed by atoms with Crippen molar-refractivity contribution in [3.63, 3.8) is 0 Å². The molecular weight excluding hydrogens is 378 g/mol. The van der Waals surface area contributed by atoms with Crippen LogP contribution in [0, 0.1) is 6.92 Å². The van der Waals surface area contributed by atoms with E-state index >= 15 is 0 Å². The SMILES string of the molecule is CCNC(=NCc1ccc(S(C)(=O)=O)c(C)c1)NCCCOCC1CCCO1. The van der Waals surface area contributed by atoms with E-state index in [0.717, 1.165) is 56.0 Å². The van der Waals surface area contributed by atoms with Gasteiger partial charge < -0.3 is 20.1 Å². The van der Waals surface area contributed by atoms with Gasteiger partial charge in [-0.25, -0.2) is 13.4 Å². The summed E-state index contributed by atoms with van der Waals surface area (Å²) in [5.41, 5.74) is 1.72. The maximum Gasteiger partial charge on any atom is 0.191 e. The molecule has 0 radical (unpaired) electrons. The van der Waals surface area contributed by atoms with Crippen molar-refractivity contribution in [2.75, 3.05) is 39.2 Å². The molecule has 0 aliphatic carbocycles. The minimum absolute atomic E-state index is 0.268. The summed E-state index contributed by atoms with van der Waals surface area (Å²) in [6.45, 7) is 8.08. The first-order valence-corrected chi connectivity index (χ1v) is 11.8. The molecule has 158 valence electrons. The number of nitrogens with zero attached hydrogens (tertiary/aromatic N) is 1. The zero-order chi connectivity index (χ0) is 20.4. The lowest BCUT2D eigenvalue weighted by atomic mass is 10.1. The van der Waals surface area contributed by atoms with Crippen molar-refractivity contribution in [1.82, 2.24) is 10.6 Å². The average molecular weight is 412 g/mol. The van der Waals surface area contributed by atoms with Crippen LogP contribution in [0.15, 0.2) is 28.1 Å². The van der Waals surface area contributed by atoms with Crippen LogP contribution in [0.2, 0.25) is 0 Å². The van der Waals surface area contributed by atoms with Crippen LogP contribution in [0.4, 0.5) is 0 Å². The van der Waals surface area contributed by atoms with Gasteiger partial charge in [0.15, 0.2) is 15.8 Å². The molecule has 1 atom stereocenters. The van der Waals surface area contributed by atoms with Gasteiger partial charge >= 0.3 is 0 Å². The van der Waals surface area contributed by atoms with Gasteiger partial charge in [0.25, 0.3) is 0 Å². The lowest BCUT2D eigenvalue weighted by molar-refractivity contribution is 0.0168. The van der Waals surface area contributed by atoms with Gasteiger partial charge in [-0.1, -0.05) is 12.1 Å². The highest BCUT2D eigenvalue weighted by molar-refractivity contribution is 7.90. The fraction of sp³-hybridized carbons (Fsp3) is 0.650. The molecule has 1 heterocycles. The van der Waals surface area contributed by atoms with Gasteiger partial charge in [-0.15, -0.1) is 0 Å². The highest BCUT2D eigenvalue weighted by atomic mass is 32.2. The Balaban J connectivity index is 1.77. The van der Waals surface area contributed by atoms with Crippen molar-refractivity contribution in [2.45, 2.75) is 50.7 Å². The fourth-order valence-electron chi connectivity index (χ4n) is 3.11. The molecule has 1 aliphatic rings. The third-order valence-corrected chi connectivity index (χ3v) is 5.75. The Labute approximate surface area is 168 Å².